The summed E-state index contributed by atoms with van der Waals surface area (Å²) in [6.07, 6.45) is -0.783. The molecule has 2 N–H and O–H groups in total. The van der Waals surface area contributed by atoms with Crippen LogP contribution in [0.4, 0.5) is 5.69 Å². The first-order valence-electron chi connectivity index (χ1n) is 5.85. The van der Waals surface area contributed by atoms with Crippen LogP contribution in [-0.2, 0) is 9.53 Å². The van der Waals surface area contributed by atoms with Crippen molar-refractivity contribution in [3.8, 4) is 5.75 Å². The summed E-state index contributed by atoms with van der Waals surface area (Å²) < 4.78 is 10.5. The van der Waals surface area contributed by atoms with Crippen LogP contribution in [0.2, 0.25) is 0 Å². The lowest BCUT2D eigenvalue weighted by molar-refractivity contribution is -0.149. The maximum atomic E-state index is 11.8. The van der Waals surface area contributed by atoms with Crippen molar-refractivity contribution in [1.29, 1.82) is 0 Å². The fourth-order valence-electron chi connectivity index (χ4n) is 1.67. The fraction of sp³-hybridized carbons (Fsp3) is 0.133. The first-order valence-corrected chi connectivity index (χ1v) is 5.85. The molecular formula is C15H15NO3. The van der Waals surface area contributed by atoms with Gasteiger partial charge in [0.05, 0.1) is 7.11 Å². The number of hydrogen-bond acceptors (Lipinski definition) is 4. The van der Waals surface area contributed by atoms with E-state index in [4.69, 9.17) is 15.2 Å². The maximum Gasteiger partial charge on any atom is 0.351 e. The SMILES string of the molecule is COC(=O)C(Oc1ccc(N)cc1)c1ccccc1. The lowest BCUT2D eigenvalue weighted by Crippen LogP contribution is -2.20. The molecule has 0 saturated carbocycles. The summed E-state index contributed by atoms with van der Waals surface area (Å²) in [4.78, 5) is 11.8. The van der Waals surface area contributed by atoms with E-state index in [1.807, 2.05) is 30.3 Å². The van der Waals surface area contributed by atoms with Gasteiger partial charge in [-0.2, -0.15) is 0 Å². The number of anilines is 1. The van der Waals surface area contributed by atoms with Crippen molar-refractivity contribution < 1.29 is 14.3 Å². The minimum Gasteiger partial charge on any atom is -0.474 e. The molecule has 2 rings (SSSR count). The Bertz CT molecular complexity index is 537. The predicted molar refractivity (Wildman–Crippen MR) is 72.7 cm³/mol. The zero-order valence-corrected chi connectivity index (χ0v) is 10.6. The topological polar surface area (TPSA) is 61.5 Å². The van der Waals surface area contributed by atoms with Gasteiger partial charge >= 0.3 is 5.97 Å². The van der Waals surface area contributed by atoms with Crippen LogP contribution >= 0.6 is 0 Å². The Morgan fingerprint density at radius 1 is 1.05 bits per heavy atom. The van der Waals surface area contributed by atoms with Gasteiger partial charge in [-0.3, -0.25) is 0 Å². The number of rotatable bonds is 4. The third kappa shape index (κ3) is 3.25. The van der Waals surface area contributed by atoms with Gasteiger partial charge in [0.15, 0.2) is 0 Å². The lowest BCUT2D eigenvalue weighted by Gasteiger charge is -2.17. The summed E-state index contributed by atoms with van der Waals surface area (Å²) in [6.45, 7) is 0. The molecule has 2 aromatic carbocycles. The van der Waals surface area contributed by atoms with Gasteiger partial charge in [-0.25, -0.2) is 4.79 Å². The highest BCUT2D eigenvalue weighted by molar-refractivity contribution is 5.76. The highest BCUT2D eigenvalue weighted by atomic mass is 16.6. The Labute approximate surface area is 111 Å². The molecule has 0 bridgehead atoms. The predicted octanol–water partition coefficient (Wildman–Crippen LogP) is 2.56. The molecule has 0 aromatic heterocycles. The third-order valence-corrected chi connectivity index (χ3v) is 2.65. The van der Waals surface area contributed by atoms with E-state index in [0.717, 1.165) is 5.56 Å². The number of carbonyl (C=O) groups is 1. The van der Waals surface area contributed by atoms with Gasteiger partial charge in [0.25, 0.3) is 0 Å². The van der Waals surface area contributed by atoms with Crippen LogP contribution in [0.3, 0.4) is 0 Å². The van der Waals surface area contributed by atoms with Crippen molar-refractivity contribution in [2.75, 3.05) is 12.8 Å². The second-order valence-corrected chi connectivity index (χ2v) is 4.00. The molecule has 0 aliphatic carbocycles. The molecule has 0 radical (unpaired) electrons. The lowest BCUT2D eigenvalue weighted by atomic mass is 10.1. The van der Waals surface area contributed by atoms with Crippen LogP contribution < -0.4 is 10.5 Å². The van der Waals surface area contributed by atoms with Crippen molar-refractivity contribution in [2.24, 2.45) is 0 Å². The summed E-state index contributed by atoms with van der Waals surface area (Å²) in [5.41, 5.74) is 6.99. The van der Waals surface area contributed by atoms with E-state index in [1.165, 1.54) is 7.11 Å². The Morgan fingerprint density at radius 2 is 1.68 bits per heavy atom. The molecule has 1 atom stereocenters. The van der Waals surface area contributed by atoms with E-state index in [0.29, 0.717) is 11.4 Å². The Balaban J connectivity index is 2.24. The second-order valence-electron chi connectivity index (χ2n) is 4.00. The van der Waals surface area contributed by atoms with Gasteiger partial charge < -0.3 is 15.2 Å². The molecule has 0 aliphatic rings. The highest BCUT2D eigenvalue weighted by Gasteiger charge is 2.23. The number of benzene rings is 2. The molecule has 0 heterocycles. The summed E-state index contributed by atoms with van der Waals surface area (Å²) in [7, 11) is 1.34. The third-order valence-electron chi connectivity index (χ3n) is 2.65. The Hall–Kier alpha value is -2.49. The molecule has 4 heteroatoms. The van der Waals surface area contributed by atoms with Crippen LogP contribution in [0, 0.1) is 0 Å². The molecular weight excluding hydrogens is 242 g/mol. The number of carbonyl (C=O) groups excluding carboxylic acids is 1. The largest absolute Gasteiger partial charge is 0.474 e. The number of ether oxygens (including phenoxy) is 2. The van der Waals surface area contributed by atoms with E-state index < -0.39 is 12.1 Å². The van der Waals surface area contributed by atoms with E-state index in [2.05, 4.69) is 0 Å². The van der Waals surface area contributed by atoms with E-state index >= 15 is 0 Å². The molecule has 0 aliphatic heterocycles. The van der Waals surface area contributed by atoms with Crippen molar-refractivity contribution in [1.82, 2.24) is 0 Å². The summed E-state index contributed by atoms with van der Waals surface area (Å²) in [5, 5.41) is 0. The number of methoxy groups -OCH3 is 1. The normalized spacial score (nSPS) is 11.6. The molecule has 0 amide bonds. The zero-order valence-electron chi connectivity index (χ0n) is 10.6. The molecule has 0 spiro atoms. The first kappa shape index (κ1) is 13.0. The molecule has 4 nitrogen and oxygen atoms in total. The summed E-state index contributed by atoms with van der Waals surface area (Å²) >= 11 is 0. The first-order chi connectivity index (χ1) is 9.20. The number of nitrogens with two attached hydrogens (primary N) is 1. The highest BCUT2D eigenvalue weighted by Crippen LogP contribution is 2.23. The average molecular weight is 257 g/mol. The van der Waals surface area contributed by atoms with E-state index in [-0.39, 0.29) is 0 Å². The van der Waals surface area contributed by atoms with Crippen molar-refractivity contribution >= 4 is 11.7 Å². The van der Waals surface area contributed by atoms with Gasteiger partial charge in [0.1, 0.15) is 5.75 Å². The average Bonchev–Trinajstić information content (AvgIpc) is 2.47. The minimum absolute atomic E-state index is 0.442. The molecule has 2 aromatic rings. The van der Waals surface area contributed by atoms with Gasteiger partial charge in [-0.05, 0) is 24.3 Å². The van der Waals surface area contributed by atoms with Crippen LogP contribution in [0.5, 0.6) is 5.75 Å². The van der Waals surface area contributed by atoms with Crippen LogP contribution in [0.25, 0.3) is 0 Å². The van der Waals surface area contributed by atoms with E-state index in [1.54, 1.807) is 24.3 Å². The second kappa shape index (κ2) is 5.91. The zero-order chi connectivity index (χ0) is 13.7. The molecule has 0 fully saturated rings. The fourth-order valence-corrected chi connectivity index (χ4v) is 1.67. The maximum absolute atomic E-state index is 11.8. The van der Waals surface area contributed by atoms with Crippen molar-refractivity contribution in [3.63, 3.8) is 0 Å². The monoisotopic (exact) mass is 257 g/mol. The van der Waals surface area contributed by atoms with Crippen LogP contribution in [0.1, 0.15) is 11.7 Å². The van der Waals surface area contributed by atoms with Gasteiger partial charge in [-0.1, -0.05) is 30.3 Å². The standard InChI is InChI=1S/C15H15NO3/c1-18-15(17)14(11-5-3-2-4-6-11)19-13-9-7-12(16)8-10-13/h2-10,14H,16H2,1H3. The number of nitrogen functional groups attached to an aromatic ring is 1. The summed E-state index contributed by atoms with van der Waals surface area (Å²) in [6, 6.07) is 16.1. The minimum atomic E-state index is -0.783. The molecule has 98 valence electrons. The quantitative estimate of drug-likeness (QED) is 0.675. The number of hydrogen-bond donors (Lipinski definition) is 1. The van der Waals surface area contributed by atoms with Gasteiger partial charge in [-0.15, -0.1) is 0 Å². The molecule has 1 unspecified atom stereocenters. The molecule has 0 saturated heterocycles. The van der Waals surface area contributed by atoms with Gasteiger partial charge in [0, 0.05) is 11.3 Å². The van der Waals surface area contributed by atoms with E-state index in [9.17, 15) is 4.79 Å². The smallest absolute Gasteiger partial charge is 0.351 e. The Morgan fingerprint density at radius 3 is 2.26 bits per heavy atom. The number of esters is 1. The summed E-state index contributed by atoms with van der Waals surface area (Å²) in [5.74, 6) is 0.122. The van der Waals surface area contributed by atoms with Crippen LogP contribution in [-0.4, -0.2) is 13.1 Å². The molecule has 19 heavy (non-hydrogen) atoms. The van der Waals surface area contributed by atoms with Crippen LogP contribution in [0.15, 0.2) is 54.6 Å². The van der Waals surface area contributed by atoms with Gasteiger partial charge in [0.2, 0.25) is 6.10 Å². The Kier molecular flexibility index (Phi) is 4.03. The van der Waals surface area contributed by atoms with Crippen molar-refractivity contribution in [3.05, 3.63) is 60.2 Å². The van der Waals surface area contributed by atoms with Crippen molar-refractivity contribution in [2.45, 2.75) is 6.10 Å².